The fourth-order valence-electron chi connectivity index (χ4n) is 3.13. The van der Waals surface area contributed by atoms with Crippen LogP contribution in [0.4, 0.5) is 0 Å². The van der Waals surface area contributed by atoms with Gasteiger partial charge in [-0.1, -0.05) is 18.2 Å². The van der Waals surface area contributed by atoms with Gasteiger partial charge in [-0.2, -0.15) is 0 Å². The van der Waals surface area contributed by atoms with E-state index in [-0.39, 0.29) is 30.7 Å². The van der Waals surface area contributed by atoms with E-state index in [1.807, 2.05) is 29.2 Å². The van der Waals surface area contributed by atoms with Crippen LogP contribution >= 0.6 is 0 Å². The first-order valence-electron chi connectivity index (χ1n) is 8.40. The number of hydrogen-bond acceptors (Lipinski definition) is 4. The number of methoxy groups -OCH3 is 1. The molecule has 6 nitrogen and oxygen atoms in total. The molecule has 7 heteroatoms. The number of sulfonamides is 1. The lowest BCUT2D eigenvalue weighted by Crippen LogP contribution is -2.36. The summed E-state index contributed by atoms with van der Waals surface area (Å²) in [6.45, 7) is 1.34. The minimum Gasteiger partial charge on any atom is -0.496 e. The van der Waals surface area contributed by atoms with Crippen molar-refractivity contribution in [3.05, 3.63) is 29.8 Å². The van der Waals surface area contributed by atoms with Crippen LogP contribution in [0.1, 0.15) is 31.2 Å². The molecule has 0 aromatic heterocycles. The van der Waals surface area contributed by atoms with E-state index in [0.29, 0.717) is 19.5 Å². The molecule has 0 bridgehead atoms. The molecule has 1 amide bonds. The third-order valence-corrected chi connectivity index (χ3v) is 6.58. The molecule has 0 atom stereocenters. The van der Waals surface area contributed by atoms with Gasteiger partial charge in [0.1, 0.15) is 5.75 Å². The monoisotopic (exact) mass is 352 g/mol. The Kier molecular flexibility index (Phi) is 5.10. The van der Waals surface area contributed by atoms with Crippen LogP contribution < -0.4 is 4.74 Å². The first-order valence-corrected chi connectivity index (χ1v) is 10.0. The maximum atomic E-state index is 12.7. The van der Waals surface area contributed by atoms with Crippen LogP contribution in [-0.2, 0) is 21.4 Å². The average molecular weight is 352 g/mol. The molecular weight excluding hydrogens is 328 g/mol. The second kappa shape index (κ2) is 7.11. The van der Waals surface area contributed by atoms with E-state index in [2.05, 4.69) is 0 Å². The second-order valence-corrected chi connectivity index (χ2v) is 8.47. The van der Waals surface area contributed by atoms with E-state index >= 15 is 0 Å². The van der Waals surface area contributed by atoms with Gasteiger partial charge in [-0.05, 0) is 25.3 Å². The molecule has 0 unspecified atom stereocenters. The first-order chi connectivity index (χ1) is 11.5. The van der Waals surface area contributed by atoms with Crippen molar-refractivity contribution in [3.8, 4) is 5.75 Å². The number of para-hydroxylation sites is 1. The molecule has 3 rings (SSSR count). The van der Waals surface area contributed by atoms with Gasteiger partial charge in [0.15, 0.2) is 0 Å². The molecule has 132 valence electrons. The standard InChI is InChI=1S/C17H24N2O4S/c1-23-16-6-3-2-5-14(16)13-19(15-7-8-15)17(20)9-11-18-10-4-12-24(18,21)22/h2-3,5-6,15H,4,7-13H2,1H3. The third-order valence-electron chi connectivity index (χ3n) is 4.62. The predicted molar refractivity (Wildman–Crippen MR) is 91.2 cm³/mol. The summed E-state index contributed by atoms with van der Waals surface area (Å²) in [6.07, 6.45) is 2.93. The molecule has 0 N–H and O–H groups in total. The van der Waals surface area contributed by atoms with Crippen molar-refractivity contribution < 1.29 is 17.9 Å². The number of amides is 1. The van der Waals surface area contributed by atoms with E-state index in [0.717, 1.165) is 24.2 Å². The van der Waals surface area contributed by atoms with Gasteiger partial charge in [-0.3, -0.25) is 4.79 Å². The molecule has 2 aliphatic rings. The minimum absolute atomic E-state index is 0.0190. The Morgan fingerprint density at radius 3 is 2.71 bits per heavy atom. The zero-order chi connectivity index (χ0) is 17.2. The van der Waals surface area contributed by atoms with E-state index in [1.54, 1.807) is 7.11 Å². The molecule has 1 aliphatic carbocycles. The Balaban J connectivity index is 1.64. The molecule has 1 aliphatic heterocycles. The van der Waals surface area contributed by atoms with Crippen molar-refractivity contribution in [2.75, 3.05) is 26.0 Å². The smallest absolute Gasteiger partial charge is 0.224 e. The summed E-state index contributed by atoms with van der Waals surface area (Å²) < 4.78 is 30.5. The third kappa shape index (κ3) is 3.89. The number of ether oxygens (including phenoxy) is 1. The highest BCUT2D eigenvalue weighted by Gasteiger charge is 2.34. The summed E-state index contributed by atoms with van der Waals surface area (Å²) >= 11 is 0. The van der Waals surface area contributed by atoms with Gasteiger partial charge in [0.05, 0.1) is 12.9 Å². The van der Waals surface area contributed by atoms with Crippen LogP contribution in [0.2, 0.25) is 0 Å². The lowest BCUT2D eigenvalue weighted by atomic mass is 10.1. The van der Waals surface area contributed by atoms with Crippen LogP contribution in [0.3, 0.4) is 0 Å². The molecular formula is C17H24N2O4S. The van der Waals surface area contributed by atoms with Crippen LogP contribution in [0, 0.1) is 0 Å². The molecule has 0 spiro atoms. The number of nitrogens with zero attached hydrogens (tertiary/aromatic N) is 2. The van der Waals surface area contributed by atoms with Gasteiger partial charge in [0.2, 0.25) is 15.9 Å². The molecule has 1 heterocycles. The van der Waals surface area contributed by atoms with Crippen molar-refractivity contribution in [1.29, 1.82) is 0 Å². The topological polar surface area (TPSA) is 66.9 Å². The highest BCUT2D eigenvalue weighted by atomic mass is 32.2. The number of benzene rings is 1. The molecule has 0 radical (unpaired) electrons. The van der Waals surface area contributed by atoms with Gasteiger partial charge < -0.3 is 9.64 Å². The van der Waals surface area contributed by atoms with Gasteiger partial charge in [-0.25, -0.2) is 12.7 Å². The minimum atomic E-state index is -3.14. The van der Waals surface area contributed by atoms with Crippen LogP contribution in [0.15, 0.2) is 24.3 Å². The fourth-order valence-corrected chi connectivity index (χ4v) is 4.66. The summed E-state index contributed by atoms with van der Waals surface area (Å²) in [4.78, 5) is 14.5. The van der Waals surface area contributed by atoms with Crippen LogP contribution in [0.5, 0.6) is 5.75 Å². The summed E-state index contributed by atoms with van der Waals surface area (Å²) in [7, 11) is -1.51. The van der Waals surface area contributed by atoms with E-state index in [4.69, 9.17) is 4.74 Å². The lowest BCUT2D eigenvalue weighted by Gasteiger charge is -2.24. The van der Waals surface area contributed by atoms with Crippen LogP contribution in [0.25, 0.3) is 0 Å². The second-order valence-electron chi connectivity index (χ2n) is 6.38. The van der Waals surface area contributed by atoms with Gasteiger partial charge >= 0.3 is 0 Å². The van der Waals surface area contributed by atoms with Crippen molar-refractivity contribution in [3.63, 3.8) is 0 Å². The van der Waals surface area contributed by atoms with Crippen molar-refractivity contribution in [2.24, 2.45) is 0 Å². The quantitative estimate of drug-likeness (QED) is 0.748. The predicted octanol–water partition coefficient (Wildman–Crippen LogP) is 1.61. The molecule has 1 saturated heterocycles. The van der Waals surface area contributed by atoms with Gasteiger partial charge in [0, 0.05) is 37.7 Å². The number of carbonyl (C=O) groups is 1. The zero-order valence-electron chi connectivity index (χ0n) is 14.0. The Morgan fingerprint density at radius 1 is 1.33 bits per heavy atom. The Hall–Kier alpha value is -1.60. The molecule has 2 fully saturated rings. The summed E-state index contributed by atoms with van der Waals surface area (Å²) in [6, 6.07) is 7.97. The largest absolute Gasteiger partial charge is 0.496 e. The van der Waals surface area contributed by atoms with E-state index < -0.39 is 10.0 Å². The average Bonchev–Trinajstić information content (AvgIpc) is 3.34. The lowest BCUT2D eigenvalue weighted by molar-refractivity contribution is -0.132. The number of carbonyl (C=O) groups excluding carboxylic acids is 1. The van der Waals surface area contributed by atoms with E-state index in [1.165, 1.54) is 4.31 Å². The zero-order valence-corrected chi connectivity index (χ0v) is 14.8. The number of hydrogen-bond donors (Lipinski definition) is 0. The maximum Gasteiger partial charge on any atom is 0.224 e. The first kappa shape index (κ1) is 17.2. The van der Waals surface area contributed by atoms with Gasteiger partial charge in [0.25, 0.3) is 0 Å². The molecule has 1 saturated carbocycles. The summed E-state index contributed by atoms with van der Waals surface area (Å²) in [5, 5.41) is 0. The highest BCUT2D eigenvalue weighted by molar-refractivity contribution is 7.89. The normalized spacial score (nSPS) is 20.0. The number of rotatable bonds is 7. The fraction of sp³-hybridized carbons (Fsp3) is 0.588. The van der Waals surface area contributed by atoms with Crippen molar-refractivity contribution in [2.45, 2.75) is 38.3 Å². The Labute approximate surface area is 143 Å². The van der Waals surface area contributed by atoms with Gasteiger partial charge in [-0.15, -0.1) is 0 Å². The Bertz CT molecular complexity index is 700. The van der Waals surface area contributed by atoms with Crippen LogP contribution in [-0.4, -0.2) is 55.5 Å². The van der Waals surface area contributed by atoms with Crippen molar-refractivity contribution >= 4 is 15.9 Å². The summed E-state index contributed by atoms with van der Waals surface area (Å²) in [5.41, 5.74) is 0.981. The van der Waals surface area contributed by atoms with Crippen molar-refractivity contribution in [1.82, 2.24) is 9.21 Å². The summed E-state index contributed by atoms with van der Waals surface area (Å²) in [5.74, 6) is 0.998. The SMILES string of the molecule is COc1ccccc1CN(C(=O)CCN1CCCS1(=O)=O)C1CC1. The maximum absolute atomic E-state index is 12.7. The molecule has 1 aromatic rings. The highest BCUT2D eigenvalue weighted by Crippen LogP contribution is 2.31. The Morgan fingerprint density at radius 2 is 2.08 bits per heavy atom. The van der Waals surface area contributed by atoms with E-state index in [9.17, 15) is 13.2 Å². The molecule has 24 heavy (non-hydrogen) atoms. The molecule has 1 aromatic carbocycles.